The van der Waals surface area contributed by atoms with E-state index in [4.69, 9.17) is 21.3 Å². The van der Waals surface area contributed by atoms with Crippen molar-refractivity contribution in [3.63, 3.8) is 0 Å². The van der Waals surface area contributed by atoms with Crippen LogP contribution in [0.4, 0.5) is 14.5 Å². The molecule has 2 aromatic carbocycles. The van der Waals surface area contributed by atoms with Crippen molar-refractivity contribution in [1.29, 1.82) is 0 Å². The van der Waals surface area contributed by atoms with Crippen LogP contribution >= 0.6 is 11.6 Å². The molecule has 0 N–H and O–H groups in total. The monoisotopic (exact) mass is 677 g/mol. The lowest BCUT2D eigenvalue weighted by Gasteiger charge is -2.11. The maximum atomic E-state index is 13.6. The normalized spacial score (nSPS) is 10.3. The topological polar surface area (TPSA) is 117 Å². The number of carbonyl (C=O) groups is 2. The third-order valence-electron chi connectivity index (χ3n) is 6.81. The van der Waals surface area contributed by atoms with Gasteiger partial charge in [0.2, 0.25) is 0 Å². The van der Waals surface area contributed by atoms with Crippen molar-refractivity contribution in [2.45, 2.75) is 0 Å². The smallest absolute Gasteiger partial charge is 0.358 e. The minimum Gasteiger partial charge on any atom is -0.464 e. The van der Waals surface area contributed by atoms with Gasteiger partial charge in [-0.25, -0.2) is 33.3 Å². The van der Waals surface area contributed by atoms with Crippen LogP contribution in [0.3, 0.4) is 0 Å². The number of pyridine rings is 4. The minimum atomic E-state index is -0.647. The first kappa shape index (κ1) is 34.1. The molecule has 6 rings (SSSR count). The molecule has 0 fully saturated rings. The molecule has 0 aliphatic heterocycles. The zero-order valence-electron chi connectivity index (χ0n) is 26.0. The number of hydrogen-bond donors (Lipinski definition) is 0. The van der Waals surface area contributed by atoms with E-state index in [1.807, 2.05) is 60.7 Å². The minimum absolute atomic E-state index is 0.0130. The van der Waals surface area contributed by atoms with Crippen molar-refractivity contribution in [1.82, 2.24) is 19.9 Å². The van der Waals surface area contributed by atoms with E-state index in [0.717, 1.165) is 23.5 Å². The summed E-state index contributed by atoms with van der Waals surface area (Å²) >= 11 is 5.84. The van der Waals surface area contributed by atoms with E-state index in [1.165, 1.54) is 44.8 Å². The number of ether oxygens (including phenoxy) is 2. The second kappa shape index (κ2) is 16.1. The number of aromatic nitrogens is 4. The van der Waals surface area contributed by atoms with Gasteiger partial charge in [-0.05, 0) is 36.4 Å². The van der Waals surface area contributed by atoms with E-state index in [0.29, 0.717) is 33.9 Å². The molecule has 0 radical (unpaired) electrons. The first-order valence-corrected chi connectivity index (χ1v) is 14.9. The predicted molar refractivity (Wildman–Crippen MR) is 181 cm³/mol. The highest BCUT2D eigenvalue weighted by atomic mass is 35.5. The van der Waals surface area contributed by atoms with Gasteiger partial charge in [0.15, 0.2) is 11.4 Å². The SMILES string of the molecule is COC(=O)c1nc(-c2cncc(F)c2)ccc1Cl.COC(=O)c1nc(-c2cncc(F)c2)ccc1N=C(c1ccccc1)c1ccccc1. The highest BCUT2D eigenvalue weighted by Gasteiger charge is 2.18. The molecule has 0 saturated carbocycles. The summed E-state index contributed by atoms with van der Waals surface area (Å²) in [7, 11) is 2.51. The predicted octanol–water partition coefficient (Wildman–Crippen LogP) is 7.96. The van der Waals surface area contributed by atoms with Crippen LogP contribution in [-0.4, -0.2) is 51.8 Å². The fraction of sp³-hybridized carbons (Fsp3) is 0.0541. The van der Waals surface area contributed by atoms with Crippen LogP contribution in [0.1, 0.15) is 32.1 Å². The van der Waals surface area contributed by atoms with E-state index >= 15 is 0 Å². The highest BCUT2D eigenvalue weighted by Crippen LogP contribution is 2.27. The van der Waals surface area contributed by atoms with Gasteiger partial charge < -0.3 is 9.47 Å². The number of halogens is 3. The zero-order valence-corrected chi connectivity index (χ0v) is 26.8. The van der Waals surface area contributed by atoms with Crippen LogP contribution in [0, 0.1) is 11.6 Å². The molecule has 0 aliphatic rings. The Morgan fingerprint density at radius 3 is 1.59 bits per heavy atom. The van der Waals surface area contributed by atoms with Crippen LogP contribution in [0.2, 0.25) is 5.02 Å². The lowest BCUT2D eigenvalue weighted by Crippen LogP contribution is -2.08. The van der Waals surface area contributed by atoms with Gasteiger partial charge in [-0.3, -0.25) is 9.97 Å². The van der Waals surface area contributed by atoms with Crippen LogP contribution in [-0.2, 0) is 9.47 Å². The molecule has 9 nitrogen and oxygen atoms in total. The number of nitrogens with zero attached hydrogens (tertiary/aromatic N) is 5. The van der Waals surface area contributed by atoms with E-state index in [2.05, 4.69) is 24.7 Å². The quantitative estimate of drug-likeness (QED) is 0.123. The average molecular weight is 678 g/mol. The molecule has 6 aromatic rings. The second-order valence-corrected chi connectivity index (χ2v) is 10.5. The standard InChI is InChI=1S/C25H18FN3O2.C12H8ClFN2O2/c1-31-25(30)24-22(13-12-21(28-24)19-14-20(26)16-27-15-19)29-23(17-8-4-2-5-9-17)18-10-6-3-7-11-18;1-18-12(17)11-9(13)2-3-10(16-11)7-4-8(14)6-15-5-7/h2-16H,1H3;2-6H,1H3. The summed E-state index contributed by atoms with van der Waals surface area (Å²) in [6, 6.07) is 28.3. The summed E-state index contributed by atoms with van der Waals surface area (Å²) in [5.74, 6) is -2.25. The number of aliphatic imine (C=N–C) groups is 1. The van der Waals surface area contributed by atoms with Gasteiger partial charge in [0.1, 0.15) is 11.6 Å². The molecular formula is C37H26ClF2N5O4. The van der Waals surface area contributed by atoms with Crippen molar-refractivity contribution in [3.05, 3.63) is 161 Å². The van der Waals surface area contributed by atoms with Crippen LogP contribution in [0.15, 0.2) is 127 Å². The lowest BCUT2D eigenvalue weighted by molar-refractivity contribution is 0.0586. The fourth-order valence-corrected chi connectivity index (χ4v) is 4.69. The molecule has 0 bridgehead atoms. The summed E-state index contributed by atoms with van der Waals surface area (Å²) in [5, 5.41) is 0.176. The Bertz CT molecular complexity index is 2090. The van der Waals surface area contributed by atoms with Crippen molar-refractivity contribution < 1.29 is 27.8 Å². The van der Waals surface area contributed by atoms with Gasteiger partial charge >= 0.3 is 11.9 Å². The Hall–Kier alpha value is -6.20. The van der Waals surface area contributed by atoms with E-state index in [-0.39, 0.29) is 16.4 Å². The van der Waals surface area contributed by atoms with E-state index in [9.17, 15) is 18.4 Å². The molecule has 12 heteroatoms. The van der Waals surface area contributed by atoms with Gasteiger partial charge in [-0.15, -0.1) is 0 Å². The molecule has 0 aliphatic carbocycles. The Morgan fingerprint density at radius 1 is 0.633 bits per heavy atom. The van der Waals surface area contributed by atoms with Crippen molar-refractivity contribution in [2.24, 2.45) is 4.99 Å². The Balaban J connectivity index is 0.000000221. The summed E-state index contributed by atoms with van der Waals surface area (Å²) in [6.45, 7) is 0. The maximum absolute atomic E-state index is 13.6. The number of methoxy groups -OCH3 is 2. The molecule has 244 valence electrons. The molecule has 0 amide bonds. The second-order valence-electron chi connectivity index (χ2n) is 10.1. The largest absolute Gasteiger partial charge is 0.464 e. The van der Waals surface area contributed by atoms with Gasteiger partial charge in [0, 0.05) is 34.6 Å². The average Bonchev–Trinajstić information content (AvgIpc) is 3.14. The number of esters is 2. The van der Waals surface area contributed by atoms with Crippen LogP contribution in [0.5, 0.6) is 0 Å². The van der Waals surface area contributed by atoms with Crippen LogP contribution < -0.4 is 0 Å². The summed E-state index contributed by atoms with van der Waals surface area (Å²) in [4.78, 5) is 44.7. The molecule has 4 aromatic heterocycles. The molecule has 0 unspecified atom stereocenters. The lowest BCUT2D eigenvalue weighted by atomic mass is 10.0. The van der Waals surface area contributed by atoms with E-state index in [1.54, 1.807) is 18.2 Å². The molecular weight excluding hydrogens is 652 g/mol. The molecule has 0 spiro atoms. The highest BCUT2D eigenvalue weighted by molar-refractivity contribution is 6.33. The van der Waals surface area contributed by atoms with E-state index < -0.39 is 23.6 Å². The number of benzene rings is 2. The van der Waals surface area contributed by atoms with Gasteiger partial charge in [0.05, 0.1) is 54.4 Å². The Labute approximate surface area is 285 Å². The van der Waals surface area contributed by atoms with Gasteiger partial charge in [-0.1, -0.05) is 72.3 Å². The number of carbonyl (C=O) groups excluding carboxylic acids is 2. The summed E-state index contributed by atoms with van der Waals surface area (Å²) < 4.78 is 36.1. The third-order valence-corrected chi connectivity index (χ3v) is 7.11. The Morgan fingerprint density at radius 2 is 1.10 bits per heavy atom. The first-order chi connectivity index (χ1) is 23.8. The molecule has 0 atom stereocenters. The number of rotatable bonds is 7. The maximum Gasteiger partial charge on any atom is 0.358 e. The number of hydrogen-bond acceptors (Lipinski definition) is 9. The zero-order chi connectivity index (χ0) is 34.8. The first-order valence-electron chi connectivity index (χ1n) is 14.5. The van der Waals surface area contributed by atoms with Gasteiger partial charge in [0.25, 0.3) is 0 Å². The molecule has 4 heterocycles. The van der Waals surface area contributed by atoms with Crippen molar-refractivity contribution in [3.8, 4) is 22.5 Å². The van der Waals surface area contributed by atoms with Crippen molar-refractivity contribution >= 4 is 34.9 Å². The van der Waals surface area contributed by atoms with Crippen LogP contribution in [0.25, 0.3) is 22.5 Å². The van der Waals surface area contributed by atoms with Gasteiger partial charge in [-0.2, -0.15) is 0 Å². The third kappa shape index (κ3) is 8.59. The summed E-state index contributed by atoms with van der Waals surface area (Å²) in [5.41, 5.74) is 4.54. The Kier molecular flexibility index (Phi) is 11.2. The molecule has 49 heavy (non-hydrogen) atoms. The fourth-order valence-electron chi connectivity index (χ4n) is 4.50. The van der Waals surface area contributed by atoms with Crippen molar-refractivity contribution in [2.75, 3.05) is 14.2 Å². The summed E-state index contributed by atoms with van der Waals surface area (Å²) in [6.07, 6.45) is 5.12. The molecule has 0 saturated heterocycles.